The summed E-state index contributed by atoms with van der Waals surface area (Å²) in [6.07, 6.45) is 3.80. The van der Waals surface area contributed by atoms with Gasteiger partial charge in [0, 0.05) is 18.0 Å². The number of hydrogen-bond donors (Lipinski definition) is 1. The van der Waals surface area contributed by atoms with Crippen molar-refractivity contribution < 1.29 is 8.42 Å². The number of anilines is 1. The monoisotopic (exact) mass is 363 g/mol. The Morgan fingerprint density at radius 1 is 0.885 bits per heavy atom. The molecule has 0 radical (unpaired) electrons. The minimum atomic E-state index is -3.53. The van der Waals surface area contributed by atoms with Crippen molar-refractivity contribution >= 4 is 21.4 Å². The van der Waals surface area contributed by atoms with Gasteiger partial charge in [0.05, 0.1) is 17.1 Å². The Balaban J connectivity index is 1.67. The maximum atomic E-state index is 12.6. The van der Waals surface area contributed by atoms with Crippen LogP contribution in [0, 0.1) is 0 Å². The highest BCUT2D eigenvalue weighted by molar-refractivity contribution is 7.91. The van der Waals surface area contributed by atoms with E-state index in [0.29, 0.717) is 11.4 Å². The van der Waals surface area contributed by atoms with Crippen molar-refractivity contribution in [2.24, 2.45) is 0 Å². The maximum Gasteiger partial charge on any atom is 0.236 e. The number of hydrogen-bond acceptors (Lipinski definition) is 3. The summed E-state index contributed by atoms with van der Waals surface area (Å²) in [7, 11) is -3.53. The van der Waals surface area contributed by atoms with Crippen LogP contribution in [-0.2, 0) is 15.8 Å². The molecule has 0 fully saturated rings. The lowest BCUT2D eigenvalue weighted by Crippen LogP contribution is -2.15. The van der Waals surface area contributed by atoms with Gasteiger partial charge in [0.1, 0.15) is 5.65 Å². The molecule has 1 N–H and O–H groups in total. The molecule has 2 heterocycles. The summed E-state index contributed by atoms with van der Waals surface area (Å²) < 4.78 is 29.8. The first-order valence-electron chi connectivity index (χ1n) is 8.18. The number of aromatic nitrogens is 2. The first-order valence-corrected chi connectivity index (χ1v) is 9.83. The highest BCUT2D eigenvalue weighted by atomic mass is 32.2. The zero-order chi connectivity index (χ0) is 18.0. The number of sulfonamides is 1. The van der Waals surface area contributed by atoms with Gasteiger partial charge < -0.3 is 4.40 Å². The number of nitrogens with zero attached hydrogens (tertiary/aromatic N) is 2. The second kappa shape index (κ2) is 6.65. The molecule has 6 heteroatoms. The van der Waals surface area contributed by atoms with Crippen LogP contribution >= 0.6 is 0 Å². The number of pyridine rings is 1. The lowest BCUT2D eigenvalue weighted by molar-refractivity contribution is 0.600. The van der Waals surface area contributed by atoms with Gasteiger partial charge in [-0.2, -0.15) is 0 Å². The maximum absolute atomic E-state index is 12.6. The Bertz CT molecular complexity index is 1120. The van der Waals surface area contributed by atoms with Crippen LogP contribution in [0.25, 0.3) is 16.9 Å². The van der Waals surface area contributed by atoms with Gasteiger partial charge >= 0.3 is 0 Å². The predicted octanol–water partition coefficient (Wildman–Crippen LogP) is 3.94. The van der Waals surface area contributed by atoms with Crippen LogP contribution in [0.5, 0.6) is 0 Å². The molecule has 0 aliphatic heterocycles. The van der Waals surface area contributed by atoms with Crippen LogP contribution < -0.4 is 4.72 Å². The molecule has 130 valence electrons. The number of fused-ring (bicyclic) bond motifs is 1. The summed E-state index contributed by atoms with van der Waals surface area (Å²) in [5.41, 5.74) is 3.53. The first-order chi connectivity index (χ1) is 12.6. The summed E-state index contributed by atoms with van der Waals surface area (Å²) in [6, 6.07) is 22.2. The molecule has 0 spiro atoms. The van der Waals surface area contributed by atoms with E-state index in [2.05, 4.69) is 9.71 Å². The standard InChI is InChI=1S/C20H17N3O2S/c24-26(25,15-16-8-2-1-3-9-16)22-18-11-5-4-10-17(18)19-14-23-13-7-6-12-20(23)21-19/h1-14,22H,15H2. The minimum Gasteiger partial charge on any atom is -0.306 e. The summed E-state index contributed by atoms with van der Waals surface area (Å²) in [4.78, 5) is 4.59. The van der Waals surface area contributed by atoms with Gasteiger partial charge in [-0.1, -0.05) is 54.6 Å². The SMILES string of the molecule is O=S(=O)(Cc1ccccc1)Nc1ccccc1-c1cn2ccccc2n1. The third-order valence-electron chi connectivity index (χ3n) is 4.03. The molecule has 0 saturated carbocycles. The molecule has 0 aliphatic carbocycles. The molecule has 2 aromatic carbocycles. The Morgan fingerprint density at radius 3 is 2.42 bits per heavy atom. The number of imidazole rings is 1. The zero-order valence-electron chi connectivity index (χ0n) is 13.9. The van der Waals surface area contributed by atoms with E-state index in [4.69, 9.17) is 0 Å². The molecule has 0 saturated heterocycles. The minimum absolute atomic E-state index is 0.0761. The molecule has 0 atom stereocenters. The fourth-order valence-electron chi connectivity index (χ4n) is 2.86. The molecule has 26 heavy (non-hydrogen) atoms. The fraction of sp³-hybridized carbons (Fsp3) is 0.0500. The quantitative estimate of drug-likeness (QED) is 0.584. The average molecular weight is 363 g/mol. The van der Waals surface area contributed by atoms with Gasteiger partial charge in [-0.3, -0.25) is 4.72 Å². The Labute approximate surface area is 152 Å². The predicted molar refractivity (Wildman–Crippen MR) is 103 cm³/mol. The summed E-state index contributed by atoms with van der Waals surface area (Å²) in [5.74, 6) is -0.0761. The molecule has 0 bridgehead atoms. The first kappa shape index (κ1) is 16.4. The van der Waals surface area contributed by atoms with Crippen molar-refractivity contribution in [2.45, 2.75) is 5.75 Å². The number of para-hydroxylation sites is 1. The van der Waals surface area contributed by atoms with E-state index in [-0.39, 0.29) is 5.75 Å². The normalized spacial score (nSPS) is 11.5. The van der Waals surface area contributed by atoms with Crippen molar-refractivity contribution in [3.63, 3.8) is 0 Å². The van der Waals surface area contributed by atoms with E-state index < -0.39 is 10.0 Å². The fourth-order valence-corrected chi connectivity index (χ4v) is 4.07. The van der Waals surface area contributed by atoms with Crippen LogP contribution in [0.1, 0.15) is 5.56 Å². The lowest BCUT2D eigenvalue weighted by Gasteiger charge is -2.11. The van der Waals surface area contributed by atoms with Crippen molar-refractivity contribution in [3.05, 3.63) is 90.8 Å². The van der Waals surface area contributed by atoms with Crippen LogP contribution in [0.15, 0.2) is 85.2 Å². The molecule has 0 amide bonds. The van der Waals surface area contributed by atoms with Crippen molar-refractivity contribution in [2.75, 3.05) is 4.72 Å². The molecule has 4 aromatic rings. The topological polar surface area (TPSA) is 63.5 Å². The molecule has 5 nitrogen and oxygen atoms in total. The third kappa shape index (κ3) is 3.45. The number of nitrogens with one attached hydrogen (secondary N) is 1. The van der Waals surface area contributed by atoms with Crippen molar-refractivity contribution in [1.82, 2.24) is 9.38 Å². The summed E-state index contributed by atoms with van der Waals surface area (Å²) in [6.45, 7) is 0. The van der Waals surface area contributed by atoms with Gasteiger partial charge in [0.15, 0.2) is 0 Å². The van der Waals surface area contributed by atoms with Crippen molar-refractivity contribution in [1.29, 1.82) is 0 Å². The molecule has 4 rings (SSSR count). The molecular formula is C20H17N3O2S. The van der Waals surface area contributed by atoms with Gasteiger partial charge in [-0.05, 0) is 23.8 Å². The van der Waals surface area contributed by atoms with Crippen LogP contribution in [0.2, 0.25) is 0 Å². The van der Waals surface area contributed by atoms with Crippen LogP contribution in [0.3, 0.4) is 0 Å². The Hall–Kier alpha value is -3.12. The number of rotatable bonds is 5. The summed E-state index contributed by atoms with van der Waals surface area (Å²) in [5, 5.41) is 0. The van der Waals surface area contributed by atoms with E-state index in [0.717, 1.165) is 16.8 Å². The Kier molecular flexibility index (Phi) is 4.18. The van der Waals surface area contributed by atoms with Gasteiger partial charge in [-0.15, -0.1) is 0 Å². The average Bonchev–Trinajstić information content (AvgIpc) is 3.06. The van der Waals surface area contributed by atoms with Gasteiger partial charge in [0.2, 0.25) is 10.0 Å². The van der Waals surface area contributed by atoms with Crippen molar-refractivity contribution in [3.8, 4) is 11.3 Å². The van der Waals surface area contributed by atoms with Crippen LogP contribution in [-0.4, -0.2) is 17.8 Å². The van der Waals surface area contributed by atoms with E-state index in [9.17, 15) is 8.42 Å². The highest BCUT2D eigenvalue weighted by Gasteiger charge is 2.16. The Morgan fingerprint density at radius 2 is 1.62 bits per heavy atom. The molecular weight excluding hydrogens is 346 g/mol. The van der Waals surface area contributed by atoms with Crippen LogP contribution in [0.4, 0.5) is 5.69 Å². The molecule has 0 aliphatic rings. The van der Waals surface area contributed by atoms with E-state index >= 15 is 0 Å². The smallest absolute Gasteiger partial charge is 0.236 e. The van der Waals surface area contributed by atoms with E-state index in [1.54, 1.807) is 24.3 Å². The van der Waals surface area contributed by atoms with Gasteiger partial charge in [-0.25, -0.2) is 13.4 Å². The number of benzene rings is 2. The second-order valence-electron chi connectivity index (χ2n) is 5.98. The highest BCUT2D eigenvalue weighted by Crippen LogP contribution is 2.28. The van der Waals surface area contributed by atoms with E-state index in [1.807, 2.05) is 65.3 Å². The van der Waals surface area contributed by atoms with Gasteiger partial charge in [0.25, 0.3) is 0 Å². The zero-order valence-corrected chi connectivity index (χ0v) is 14.7. The lowest BCUT2D eigenvalue weighted by atomic mass is 10.1. The largest absolute Gasteiger partial charge is 0.306 e. The summed E-state index contributed by atoms with van der Waals surface area (Å²) >= 11 is 0. The second-order valence-corrected chi connectivity index (χ2v) is 7.71. The molecule has 0 unspecified atom stereocenters. The van der Waals surface area contributed by atoms with E-state index in [1.165, 1.54) is 0 Å². The third-order valence-corrected chi connectivity index (χ3v) is 5.28. The molecule has 2 aromatic heterocycles.